The summed E-state index contributed by atoms with van der Waals surface area (Å²) in [6, 6.07) is 8.15. The first kappa shape index (κ1) is 16.5. The van der Waals surface area contributed by atoms with Gasteiger partial charge in [0.25, 0.3) is 0 Å². The van der Waals surface area contributed by atoms with Gasteiger partial charge in [-0.25, -0.2) is 4.79 Å². The van der Waals surface area contributed by atoms with Crippen molar-refractivity contribution in [3.63, 3.8) is 0 Å². The molecule has 2 amide bonds. The van der Waals surface area contributed by atoms with Crippen molar-refractivity contribution in [1.82, 2.24) is 10.6 Å². The fourth-order valence-electron chi connectivity index (χ4n) is 1.81. The smallest absolute Gasteiger partial charge is 0.319 e. The van der Waals surface area contributed by atoms with Crippen molar-refractivity contribution in [3.8, 4) is 0 Å². The summed E-state index contributed by atoms with van der Waals surface area (Å²) in [5.74, 6) is 0.452. The second-order valence-corrected chi connectivity index (χ2v) is 5.53. The highest BCUT2D eigenvalue weighted by Crippen LogP contribution is 2.15. The largest absolute Gasteiger partial charge is 0.338 e. The van der Waals surface area contributed by atoms with Crippen molar-refractivity contribution in [1.29, 1.82) is 0 Å². The molecule has 0 aliphatic rings. The lowest BCUT2D eigenvalue weighted by molar-refractivity contribution is 0.251. The quantitative estimate of drug-likeness (QED) is 0.714. The molecule has 0 fully saturated rings. The third-order valence-corrected chi connectivity index (χ3v) is 3.04. The lowest BCUT2D eigenvalue weighted by atomic mass is 10.1. The first-order chi connectivity index (χ1) is 9.52. The van der Waals surface area contributed by atoms with Crippen molar-refractivity contribution in [2.24, 2.45) is 5.92 Å². The Bertz CT molecular complexity index is 401. The Morgan fingerprint density at radius 1 is 1.15 bits per heavy atom. The van der Waals surface area contributed by atoms with Gasteiger partial charge in [0.2, 0.25) is 0 Å². The van der Waals surface area contributed by atoms with Crippen LogP contribution >= 0.6 is 0 Å². The van der Waals surface area contributed by atoms with Crippen LogP contribution in [0.4, 0.5) is 10.5 Å². The minimum Gasteiger partial charge on any atom is -0.338 e. The van der Waals surface area contributed by atoms with Crippen molar-refractivity contribution in [3.05, 3.63) is 29.8 Å². The zero-order valence-electron chi connectivity index (χ0n) is 13.0. The Hall–Kier alpha value is -1.55. The van der Waals surface area contributed by atoms with Crippen molar-refractivity contribution in [2.45, 2.75) is 40.2 Å². The summed E-state index contributed by atoms with van der Waals surface area (Å²) in [5, 5.41) is 9.11. The number of amides is 2. The maximum Gasteiger partial charge on any atom is 0.319 e. The number of anilines is 1. The van der Waals surface area contributed by atoms with Crippen LogP contribution in [-0.2, 0) is 0 Å². The van der Waals surface area contributed by atoms with E-state index in [-0.39, 0.29) is 6.03 Å². The van der Waals surface area contributed by atoms with E-state index in [2.05, 4.69) is 43.6 Å². The minimum atomic E-state index is -0.149. The molecule has 3 N–H and O–H groups in total. The van der Waals surface area contributed by atoms with Gasteiger partial charge in [-0.2, -0.15) is 0 Å². The molecule has 0 spiro atoms. The summed E-state index contributed by atoms with van der Waals surface area (Å²) in [6.07, 6.45) is 1.13. The van der Waals surface area contributed by atoms with E-state index in [9.17, 15) is 4.79 Å². The summed E-state index contributed by atoms with van der Waals surface area (Å²) in [4.78, 5) is 11.6. The normalized spacial score (nSPS) is 12.2. The van der Waals surface area contributed by atoms with E-state index in [0.717, 1.165) is 18.7 Å². The number of hydrogen-bond acceptors (Lipinski definition) is 2. The fourth-order valence-corrected chi connectivity index (χ4v) is 1.81. The van der Waals surface area contributed by atoms with Crippen molar-refractivity contribution < 1.29 is 4.79 Å². The molecular formula is C16H27N3O. The zero-order chi connectivity index (χ0) is 15.0. The van der Waals surface area contributed by atoms with E-state index >= 15 is 0 Å². The second-order valence-electron chi connectivity index (χ2n) is 5.53. The Kier molecular flexibility index (Phi) is 7.09. The Balaban J connectivity index is 2.47. The van der Waals surface area contributed by atoms with E-state index in [1.54, 1.807) is 0 Å². The molecule has 1 aromatic carbocycles. The zero-order valence-corrected chi connectivity index (χ0v) is 13.0. The molecular weight excluding hydrogens is 250 g/mol. The Labute approximate surface area is 122 Å². The maximum absolute atomic E-state index is 11.6. The number of benzene rings is 1. The first-order valence-corrected chi connectivity index (χ1v) is 7.41. The third kappa shape index (κ3) is 6.06. The summed E-state index contributed by atoms with van der Waals surface area (Å²) >= 11 is 0. The van der Waals surface area contributed by atoms with E-state index in [1.807, 2.05) is 24.3 Å². The molecule has 112 valence electrons. The van der Waals surface area contributed by atoms with Crippen LogP contribution in [0.25, 0.3) is 0 Å². The lowest BCUT2D eigenvalue weighted by Gasteiger charge is -2.14. The molecule has 0 saturated heterocycles. The topological polar surface area (TPSA) is 53.2 Å². The van der Waals surface area contributed by atoms with Gasteiger partial charge in [0.15, 0.2) is 0 Å². The Morgan fingerprint density at radius 2 is 1.80 bits per heavy atom. The van der Waals surface area contributed by atoms with Gasteiger partial charge in [0.1, 0.15) is 0 Å². The molecule has 1 rings (SSSR count). The molecule has 0 aliphatic heterocycles. The predicted octanol–water partition coefficient (Wildman–Crippen LogP) is 3.52. The van der Waals surface area contributed by atoms with Crippen LogP contribution < -0.4 is 16.0 Å². The van der Waals surface area contributed by atoms with Crippen LogP contribution in [0, 0.1) is 5.92 Å². The average molecular weight is 277 g/mol. The van der Waals surface area contributed by atoms with Crippen LogP contribution in [-0.4, -0.2) is 19.1 Å². The first-order valence-electron chi connectivity index (χ1n) is 7.41. The maximum atomic E-state index is 11.6. The van der Waals surface area contributed by atoms with E-state index in [4.69, 9.17) is 0 Å². The van der Waals surface area contributed by atoms with Gasteiger partial charge >= 0.3 is 6.03 Å². The molecule has 4 heteroatoms. The highest BCUT2D eigenvalue weighted by molar-refractivity contribution is 5.89. The van der Waals surface area contributed by atoms with Gasteiger partial charge in [-0.05, 0) is 43.5 Å². The molecule has 0 bridgehead atoms. The van der Waals surface area contributed by atoms with Gasteiger partial charge in [-0.1, -0.05) is 32.9 Å². The predicted molar refractivity (Wildman–Crippen MR) is 85.0 cm³/mol. The highest BCUT2D eigenvalue weighted by atomic mass is 16.2. The SMILES string of the molecule is CCCNC(C)c1ccc(NC(=O)NCC(C)C)cc1. The minimum absolute atomic E-state index is 0.149. The molecule has 20 heavy (non-hydrogen) atoms. The van der Waals surface area contributed by atoms with Crippen molar-refractivity contribution >= 4 is 11.7 Å². The van der Waals surface area contributed by atoms with Gasteiger partial charge in [0, 0.05) is 18.3 Å². The third-order valence-electron chi connectivity index (χ3n) is 3.04. The van der Waals surface area contributed by atoms with Crippen LogP contribution in [0.1, 0.15) is 45.7 Å². The lowest BCUT2D eigenvalue weighted by Crippen LogP contribution is -2.31. The van der Waals surface area contributed by atoms with Gasteiger partial charge in [-0.3, -0.25) is 0 Å². The Morgan fingerprint density at radius 3 is 2.35 bits per heavy atom. The molecule has 1 aromatic rings. The number of carbonyl (C=O) groups excluding carboxylic acids is 1. The highest BCUT2D eigenvalue weighted by Gasteiger charge is 2.05. The molecule has 4 nitrogen and oxygen atoms in total. The van der Waals surface area contributed by atoms with Gasteiger partial charge < -0.3 is 16.0 Å². The van der Waals surface area contributed by atoms with Crippen LogP contribution in [0.15, 0.2) is 24.3 Å². The number of carbonyl (C=O) groups is 1. The molecule has 0 aromatic heterocycles. The summed E-state index contributed by atoms with van der Waals surface area (Å²) in [7, 11) is 0. The molecule has 0 saturated carbocycles. The number of urea groups is 1. The number of nitrogens with one attached hydrogen (secondary N) is 3. The van der Waals surface area contributed by atoms with Crippen LogP contribution in [0.3, 0.4) is 0 Å². The van der Waals surface area contributed by atoms with E-state index in [1.165, 1.54) is 5.56 Å². The van der Waals surface area contributed by atoms with Crippen LogP contribution in [0.5, 0.6) is 0 Å². The summed E-state index contributed by atoms with van der Waals surface area (Å²) < 4.78 is 0. The molecule has 0 radical (unpaired) electrons. The monoisotopic (exact) mass is 277 g/mol. The van der Waals surface area contributed by atoms with Crippen LogP contribution in [0.2, 0.25) is 0 Å². The van der Waals surface area contributed by atoms with Gasteiger partial charge in [0.05, 0.1) is 0 Å². The van der Waals surface area contributed by atoms with Crippen molar-refractivity contribution in [2.75, 3.05) is 18.4 Å². The fraction of sp³-hybridized carbons (Fsp3) is 0.562. The standard InChI is InChI=1S/C16H27N3O/c1-5-10-17-13(4)14-6-8-15(9-7-14)19-16(20)18-11-12(2)3/h6-9,12-13,17H,5,10-11H2,1-4H3,(H2,18,19,20). The van der Waals surface area contributed by atoms with Gasteiger partial charge in [-0.15, -0.1) is 0 Å². The van der Waals surface area contributed by atoms with E-state index in [0.29, 0.717) is 18.5 Å². The number of hydrogen-bond donors (Lipinski definition) is 3. The summed E-state index contributed by atoms with van der Waals surface area (Å²) in [6.45, 7) is 10.1. The second kappa shape index (κ2) is 8.59. The average Bonchev–Trinajstić information content (AvgIpc) is 2.43. The number of rotatable bonds is 7. The molecule has 0 heterocycles. The molecule has 1 unspecified atom stereocenters. The molecule has 1 atom stereocenters. The summed E-state index contributed by atoms with van der Waals surface area (Å²) in [5.41, 5.74) is 2.05. The van der Waals surface area contributed by atoms with E-state index < -0.39 is 0 Å². The molecule has 0 aliphatic carbocycles.